The molecule has 0 aliphatic carbocycles. The highest BCUT2D eigenvalue weighted by Crippen LogP contribution is 2.18. The van der Waals surface area contributed by atoms with Crippen LogP contribution >= 0.6 is 0 Å². The number of H-pyrrole nitrogens is 1. The lowest BCUT2D eigenvalue weighted by atomic mass is 10.2. The molecule has 1 aliphatic rings. The molecule has 0 saturated carbocycles. The molecule has 0 unspecified atom stereocenters. The van der Waals surface area contributed by atoms with Crippen LogP contribution in [-0.4, -0.2) is 43.9 Å². The van der Waals surface area contributed by atoms with Crippen molar-refractivity contribution in [3.05, 3.63) is 64.1 Å². The van der Waals surface area contributed by atoms with E-state index >= 15 is 0 Å². The van der Waals surface area contributed by atoms with Crippen molar-refractivity contribution in [1.29, 1.82) is 0 Å². The summed E-state index contributed by atoms with van der Waals surface area (Å²) in [6.07, 6.45) is 1.67. The highest BCUT2D eigenvalue weighted by Gasteiger charge is 2.27. The molecule has 1 saturated heterocycles. The van der Waals surface area contributed by atoms with Crippen LogP contribution in [0.3, 0.4) is 0 Å². The Morgan fingerprint density at radius 1 is 1.00 bits per heavy atom. The molecule has 0 bridgehead atoms. The Kier molecular flexibility index (Phi) is 4.73. The first-order chi connectivity index (χ1) is 11.4. The van der Waals surface area contributed by atoms with E-state index in [1.165, 1.54) is 6.07 Å². The van der Waals surface area contributed by atoms with E-state index in [4.69, 9.17) is 0 Å². The molecule has 1 fully saturated rings. The number of nitrogens with zero attached hydrogens (tertiary/aromatic N) is 2. The molecule has 128 valence electrons. The highest BCUT2D eigenvalue weighted by molar-refractivity contribution is 7.88. The van der Waals surface area contributed by atoms with E-state index < -0.39 is 10.0 Å². The summed E-state index contributed by atoms with van der Waals surface area (Å²) in [5.41, 5.74) is 2.69. The molecule has 7 heteroatoms. The van der Waals surface area contributed by atoms with Crippen LogP contribution in [0.25, 0.3) is 0 Å². The van der Waals surface area contributed by atoms with Gasteiger partial charge in [0, 0.05) is 38.4 Å². The molecule has 24 heavy (non-hydrogen) atoms. The number of rotatable bonds is 4. The number of pyridine rings is 1. The summed E-state index contributed by atoms with van der Waals surface area (Å²) in [4.78, 5) is 15.8. The summed E-state index contributed by atoms with van der Waals surface area (Å²) < 4.78 is 26.7. The molecule has 0 radical (unpaired) electrons. The van der Waals surface area contributed by atoms with Crippen LogP contribution in [0.4, 0.5) is 5.69 Å². The van der Waals surface area contributed by atoms with E-state index in [0.29, 0.717) is 26.2 Å². The van der Waals surface area contributed by atoms with Crippen molar-refractivity contribution in [3.63, 3.8) is 0 Å². The fourth-order valence-electron chi connectivity index (χ4n) is 2.81. The predicted octanol–water partition coefficient (Wildman–Crippen LogP) is 1.34. The lowest BCUT2D eigenvalue weighted by Crippen LogP contribution is -2.49. The molecule has 3 rings (SSSR count). The van der Waals surface area contributed by atoms with Crippen molar-refractivity contribution < 1.29 is 8.42 Å². The molecule has 1 N–H and O–H groups in total. The average Bonchev–Trinajstić information content (AvgIpc) is 2.58. The first-order valence-corrected chi connectivity index (χ1v) is 9.52. The Morgan fingerprint density at radius 3 is 2.25 bits per heavy atom. The van der Waals surface area contributed by atoms with Gasteiger partial charge in [-0.1, -0.05) is 29.8 Å². The average molecular weight is 347 g/mol. The van der Waals surface area contributed by atoms with Crippen LogP contribution in [0.2, 0.25) is 0 Å². The van der Waals surface area contributed by atoms with Gasteiger partial charge < -0.3 is 9.88 Å². The maximum absolute atomic E-state index is 12.6. The number of piperazine rings is 1. The van der Waals surface area contributed by atoms with Gasteiger partial charge in [0.1, 0.15) is 0 Å². The molecular weight excluding hydrogens is 326 g/mol. The van der Waals surface area contributed by atoms with Crippen molar-refractivity contribution in [1.82, 2.24) is 9.29 Å². The zero-order valence-electron chi connectivity index (χ0n) is 13.6. The Balaban J connectivity index is 1.63. The van der Waals surface area contributed by atoms with Crippen LogP contribution in [0, 0.1) is 6.92 Å². The lowest BCUT2D eigenvalue weighted by molar-refractivity contribution is 0.384. The van der Waals surface area contributed by atoms with Crippen LogP contribution in [0.15, 0.2) is 47.4 Å². The quantitative estimate of drug-likeness (QED) is 0.906. The van der Waals surface area contributed by atoms with Gasteiger partial charge in [-0.3, -0.25) is 4.79 Å². The zero-order chi connectivity index (χ0) is 17.2. The summed E-state index contributed by atoms with van der Waals surface area (Å²) >= 11 is 0. The SMILES string of the molecule is Cc1ccc(CS(=O)(=O)N2CCN(c3ccc(=O)[nH]c3)CC2)cc1. The molecule has 1 aromatic carbocycles. The van der Waals surface area contributed by atoms with Crippen molar-refractivity contribution in [2.24, 2.45) is 0 Å². The summed E-state index contributed by atoms with van der Waals surface area (Å²) in [5, 5.41) is 0. The topological polar surface area (TPSA) is 73.5 Å². The number of hydrogen-bond donors (Lipinski definition) is 1. The number of benzene rings is 1. The fraction of sp³-hybridized carbons (Fsp3) is 0.353. The van der Waals surface area contributed by atoms with E-state index in [2.05, 4.69) is 9.88 Å². The van der Waals surface area contributed by atoms with Crippen LogP contribution in [-0.2, 0) is 15.8 Å². The monoisotopic (exact) mass is 347 g/mol. The Morgan fingerprint density at radius 2 is 1.67 bits per heavy atom. The van der Waals surface area contributed by atoms with Crippen molar-refractivity contribution in [2.75, 3.05) is 31.1 Å². The Hall–Kier alpha value is -2.12. The molecule has 2 aromatic rings. The van der Waals surface area contributed by atoms with Gasteiger partial charge in [-0.05, 0) is 18.6 Å². The van der Waals surface area contributed by atoms with Crippen molar-refractivity contribution in [2.45, 2.75) is 12.7 Å². The first-order valence-electron chi connectivity index (χ1n) is 7.91. The molecular formula is C17H21N3O3S. The predicted molar refractivity (Wildman–Crippen MR) is 94.7 cm³/mol. The number of aryl methyl sites for hydroxylation is 1. The summed E-state index contributed by atoms with van der Waals surface area (Å²) in [7, 11) is -3.31. The molecule has 0 atom stereocenters. The van der Waals surface area contributed by atoms with Gasteiger partial charge in [-0.2, -0.15) is 4.31 Å². The second-order valence-electron chi connectivity index (χ2n) is 6.04. The van der Waals surface area contributed by atoms with Crippen LogP contribution in [0.5, 0.6) is 0 Å². The molecule has 0 spiro atoms. The van der Waals surface area contributed by atoms with Gasteiger partial charge in [0.05, 0.1) is 11.4 Å². The second kappa shape index (κ2) is 6.78. The van der Waals surface area contributed by atoms with Gasteiger partial charge in [0.15, 0.2) is 0 Å². The fourth-order valence-corrected chi connectivity index (χ4v) is 4.33. The van der Waals surface area contributed by atoms with Crippen LogP contribution in [0.1, 0.15) is 11.1 Å². The van der Waals surface area contributed by atoms with E-state index in [-0.39, 0.29) is 11.3 Å². The number of nitrogens with one attached hydrogen (secondary N) is 1. The van der Waals surface area contributed by atoms with Gasteiger partial charge in [-0.25, -0.2) is 8.42 Å². The number of hydrogen-bond acceptors (Lipinski definition) is 4. The van der Waals surface area contributed by atoms with Gasteiger partial charge in [0.25, 0.3) is 0 Å². The minimum absolute atomic E-state index is 0.0337. The molecule has 1 aromatic heterocycles. The number of anilines is 1. The highest BCUT2D eigenvalue weighted by atomic mass is 32.2. The Labute approximate surface area is 141 Å². The minimum Gasteiger partial charge on any atom is -0.368 e. The Bertz CT molecular complexity index is 831. The van der Waals surface area contributed by atoms with Gasteiger partial charge in [0.2, 0.25) is 15.6 Å². The third kappa shape index (κ3) is 3.85. The van der Waals surface area contributed by atoms with Crippen molar-refractivity contribution >= 4 is 15.7 Å². The standard InChI is InChI=1S/C17H21N3O3S/c1-14-2-4-15(5-3-14)13-24(22,23)20-10-8-19(9-11-20)16-6-7-17(21)18-12-16/h2-7,12H,8-11,13H2,1H3,(H,18,21). The van der Waals surface area contributed by atoms with Gasteiger partial charge in [-0.15, -0.1) is 0 Å². The second-order valence-corrected chi connectivity index (χ2v) is 8.01. The maximum atomic E-state index is 12.6. The van der Waals surface area contributed by atoms with Crippen LogP contribution < -0.4 is 10.5 Å². The lowest BCUT2D eigenvalue weighted by Gasteiger charge is -2.35. The van der Waals surface area contributed by atoms with Gasteiger partial charge >= 0.3 is 0 Å². The largest absolute Gasteiger partial charge is 0.368 e. The van der Waals surface area contributed by atoms with E-state index in [1.54, 1.807) is 16.6 Å². The normalized spacial score (nSPS) is 16.3. The van der Waals surface area contributed by atoms with E-state index in [1.807, 2.05) is 31.2 Å². The molecule has 6 nitrogen and oxygen atoms in total. The van der Waals surface area contributed by atoms with E-state index in [0.717, 1.165) is 16.8 Å². The first kappa shape index (κ1) is 16.7. The molecule has 2 heterocycles. The summed E-state index contributed by atoms with van der Waals surface area (Å²) in [5.74, 6) is 0.0337. The maximum Gasteiger partial charge on any atom is 0.248 e. The summed E-state index contributed by atoms with van der Waals surface area (Å²) in [6.45, 7) is 4.10. The summed E-state index contributed by atoms with van der Waals surface area (Å²) in [6, 6.07) is 10.8. The zero-order valence-corrected chi connectivity index (χ0v) is 14.4. The third-order valence-corrected chi connectivity index (χ3v) is 6.08. The molecule has 1 aliphatic heterocycles. The van der Waals surface area contributed by atoms with E-state index in [9.17, 15) is 13.2 Å². The smallest absolute Gasteiger partial charge is 0.248 e. The van der Waals surface area contributed by atoms with Crippen molar-refractivity contribution in [3.8, 4) is 0 Å². The third-order valence-electron chi connectivity index (χ3n) is 4.23. The minimum atomic E-state index is -3.31. The number of aromatic nitrogens is 1. The number of aromatic amines is 1. The number of sulfonamides is 1. The molecule has 0 amide bonds.